The second-order valence-corrected chi connectivity index (χ2v) is 12.5. The van der Waals surface area contributed by atoms with E-state index in [0.29, 0.717) is 55.1 Å². The quantitative estimate of drug-likeness (QED) is 0.292. The van der Waals surface area contributed by atoms with Gasteiger partial charge in [-0.15, -0.1) is 0 Å². The predicted molar refractivity (Wildman–Crippen MR) is 178 cm³/mol. The summed E-state index contributed by atoms with van der Waals surface area (Å²) in [6, 6.07) is 20.8. The summed E-state index contributed by atoms with van der Waals surface area (Å²) < 4.78 is 5.80. The third kappa shape index (κ3) is 7.10. The van der Waals surface area contributed by atoms with Crippen LogP contribution >= 0.6 is 11.6 Å². The minimum Gasteiger partial charge on any atom is -0.451 e. The maximum Gasteiger partial charge on any atom is 0.287 e. The van der Waals surface area contributed by atoms with Crippen molar-refractivity contribution in [1.29, 1.82) is 0 Å². The van der Waals surface area contributed by atoms with Gasteiger partial charge in [0, 0.05) is 68.9 Å². The molecule has 2 aliphatic rings. The molecule has 0 saturated carbocycles. The number of hydrogen-bond donors (Lipinski definition) is 1. The van der Waals surface area contributed by atoms with Crippen LogP contribution in [0, 0.1) is 6.92 Å². The molecule has 4 aromatic rings. The summed E-state index contributed by atoms with van der Waals surface area (Å²) in [5.41, 5.74) is 3.89. The van der Waals surface area contributed by atoms with Gasteiger partial charge in [0.2, 0.25) is 11.8 Å². The maximum atomic E-state index is 14.0. The number of carbonyl (C=O) groups excluding carboxylic acids is 3. The molecule has 1 atom stereocenters. The lowest BCUT2D eigenvalue weighted by atomic mass is 10.0. The molecule has 0 radical (unpaired) electrons. The molecule has 10 heteroatoms. The Morgan fingerprint density at radius 3 is 2.43 bits per heavy atom. The van der Waals surface area contributed by atoms with Gasteiger partial charge >= 0.3 is 0 Å². The van der Waals surface area contributed by atoms with E-state index in [1.807, 2.05) is 42.2 Å². The number of likely N-dealkylation sites (tertiary alicyclic amines) is 1. The van der Waals surface area contributed by atoms with Gasteiger partial charge in [0.25, 0.3) is 5.91 Å². The topological polar surface area (TPSA) is 103 Å². The number of benzene rings is 3. The molecular formula is C36H37ClN4O5. The van der Waals surface area contributed by atoms with Crippen molar-refractivity contribution < 1.29 is 18.8 Å². The van der Waals surface area contributed by atoms with Gasteiger partial charge in [0.1, 0.15) is 11.6 Å². The fourth-order valence-electron chi connectivity index (χ4n) is 6.24. The summed E-state index contributed by atoms with van der Waals surface area (Å²) in [5.74, 6) is -0.798. The van der Waals surface area contributed by atoms with E-state index >= 15 is 0 Å². The zero-order valence-corrected chi connectivity index (χ0v) is 26.6. The first-order valence-electron chi connectivity index (χ1n) is 15.7. The molecule has 3 aromatic carbocycles. The van der Waals surface area contributed by atoms with Gasteiger partial charge in [-0.05, 0) is 61.2 Å². The van der Waals surface area contributed by atoms with Crippen LogP contribution in [0.25, 0.3) is 11.0 Å². The Morgan fingerprint density at radius 2 is 1.67 bits per heavy atom. The molecule has 0 aliphatic carbocycles. The molecule has 1 N–H and O–H groups in total. The minimum atomic E-state index is -0.892. The number of piperidine rings is 1. The van der Waals surface area contributed by atoms with Crippen molar-refractivity contribution >= 4 is 46.0 Å². The van der Waals surface area contributed by atoms with E-state index in [2.05, 4.69) is 22.3 Å². The first-order valence-corrected chi connectivity index (χ1v) is 16.1. The smallest absolute Gasteiger partial charge is 0.287 e. The van der Waals surface area contributed by atoms with Gasteiger partial charge in [0.15, 0.2) is 11.2 Å². The first kappa shape index (κ1) is 31.4. The molecule has 46 heavy (non-hydrogen) atoms. The van der Waals surface area contributed by atoms with Crippen molar-refractivity contribution in [2.24, 2.45) is 0 Å². The fourth-order valence-corrected chi connectivity index (χ4v) is 6.37. The van der Waals surface area contributed by atoms with Crippen LogP contribution < -0.4 is 15.6 Å². The first-order chi connectivity index (χ1) is 22.2. The van der Waals surface area contributed by atoms with Crippen LogP contribution in [0.5, 0.6) is 0 Å². The van der Waals surface area contributed by atoms with Crippen LogP contribution in [0.1, 0.15) is 46.5 Å². The Labute approximate surface area is 272 Å². The molecular weight excluding hydrogens is 604 g/mol. The Morgan fingerprint density at radius 1 is 0.913 bits per heavy atom. The van der Waals surface area contributed by atoms with Crippen molar-refractivity contribution in [2.45, 2.75) is 45.2 Å². The van der Waals surface area contributed by atoms with Crippen LogP contribution in [0.4, 0.5) is 5.69 Å². The second kappa shape index (κ2) is 13.8. The average Bonchev–Trinajstić information content (AvgIpc) is 3.06. The van der Waals surface area contributed by atoms with Crippen LogP contribution in [0.15, 0.2) is 82.0 Å². The van der Waals surface area contributed by atoms with Crippen molar-refractivity contribution in [3.05, 3.63) is 110 Å². The number of amides is 3. The second-order valence-electron chi connectivity index (χ2n) is 12.0. The van der Waals surface area contributed by atoms with Crippen LogP contribution in [-0.2, 0) is 22.6 Å². The van der Waals surface area contributed by atoms with Crippen LogP contribution in [0.2, 0.25) is 5.02 Å². The number of nitrogens with one attached hydrogen (secondary N) is 1. The van der Waals surface area contributed by atoms with Gasteiger partial charge in [-0.1, -0.05) is 53.6 Å². The Hall–Kier alpha value is -4.63. The van der Waals surface area contributed by atoms with Gasteiger partial charge in [0.05, 0.1) is 5.39 Å². The molecule has 9 nitrogen and oxygen atoms in total. The maximum absolute atomic E-state index is 14.0. The normalized spacial score (nSPS) is 16.0. The van der Waals surface area contributed by atoms with Gasteiger partial charge in [-0.3, -0.25) is 19.2 Å². The molecule has 2 saturated heterocycles. The number of halogens is 1. The number of fused-ring (bicyclic) bond motifs is 1. The number of carbonyl (C=O) groups is 3. The van der Waals surface area contributed by atoms with Crippen molar-refractivity contribution in [1.82, 2.24) is 15.1 Å². The highest BCUT2D eigenvalue weighted by Crippen LogP contribution is 2.25. The Kier molecular flexibility index (Phi) is 9.40. The lowest BCUT2D eigenvalue weighted by molar-refractivity contribution is -0.134. The number of anilines is 1. The predicted octanol–water partition coefficient (Wildman–Crippen LogP) is 4.96. The number of aryl methyl sites for hydroxylation is 1. The van der Waals surface area contributed by atoms with Crippen molar-refractivity contribution in [3.63, 3.8) is 0 Å². The SMILES string of the molecule is Cc1ccc2oc(C(=O)N[C@H](Cc3ccc(Cl)cc3)C(=O)N3CCN(c4ccccc4CN4CCCCC4=O)CC3)cc(=O)c2c1. The Balaban J connectivity index is 1.17. The standard InChI is InChI=1S/C36H37ClN4O5/c1-24-9-14-32-28(20-24)31(42)22-33(46-32)35(44)38-29(21-25-10-12-27(37)13-11-25)36(45)40-18-16-39(17-19-40)30-7-3-2-6-26(30)23-41-15-5-4-8-34(41)43/h2-3,6-7,9-14,20,22,29H,4-5,8,15-19,21,23H2,1H3,(H,38,44)/t29-/m1/s1. The third-order valence-electron chi connectivity index (χ3n) is 8.77. The highest BCUT2D eigenvalue weighted by atomic mass is 35.5. The molecule has 238 valence electrons. The highest BCUT2D eigenvalue weighted by molar-refractivity contribution is 6.30. The van der Waals surface area contributed by atoms with E-state index in [4.69, 9.17) is 16.0 Å². The molecule has 0 unspecified atom stereocenters. The molecule has 3 amide bonds. The number of nitrogens with zero attached hydrogens (tertiary/aromatic N) is 3. The summed E-state index contributed by atoms with van der Waals surface area (Å²) in [7, 11) is 0. The lowest BCUT2D eigenvalue weighted by Gasteiger charge is -2.39. The largest absolute Gasteiger partial charge is 0.451 e. The average molecular weight is 641 g/mol. The summed E-state index contributed by atoms with van der Waals surface area (Å²) in [4.78, 5) is 58.7. The zero-order chi connectivity index (χ0) is 32.2. The molecule has 3 heterocycles. The monoisotopic (exact) mass is 640 g/mol. The summed E-state index contributed by atoms with van der Waals surface area (Å²) in [6.07, 6.45) is 2.81. The van der Waals surface area contributed by atoms with Gasteiger partial charge in [-0.2, -0.15) is 0 Å². The minimum absolute atomic E-state index is 0.149. The van der Waals surface area contributed by atoms with E-state index in [0.717, 1.165) is 41.8 Å². The molecule has 6 rings (SSSR count). The molecule has 0 spiro atoms. The molecule has 1 aromatic heterocycles. The zero-order valence-electron chi connectivity index (χ0n) is 25.8. The number of para-hydroxylation sites is 1. The van der Waals surface area contributed by atoms with E-state index < -0.39 is 11.9 Å². The van der Waals surface area contributed by atoms with Crippen LogP contribution in [-0.4, -0.2) is 66.3 Å². The lowest BCUT2D eigenvalue weighted by Crippen LogP contribution is -2.55. The van der Waals surface area contributed by atoms with E-state index in [9.17, 15) is 19.2 Å². The van der Waals surface area contributed by atoms with Crippen LogP contribution in [0.3, 0.4) is 0 Å². The van der Waals surface area contributed by atoms with E-state index in [1.165, 1.54) is 6.07 Å². The van der Waals surface area contributed by atoms with Gasteiger partial charge in [-0.25, -0.2) is 0 Å². The summed E-state index contributed by atoms with van der Waals surface area (Å²) >= 11 is 6.10. The number of piperazine rings is 1. The highest BCUT2D eigenvalue weighted by Gasteiger charge is 2.31. The number of hydrogen-bond acceptors (Lipinski definition) is 6. The molecule has 2 fully saturated rings. The van der Waals surface area contributed by atoms with Gasteiger partial charge < -0.3 is 24.4 Å². The molecule has 0 bridgehead atoms. The van der Waals surface area contributed by atoms with E-state index in [1.54, 1.807) is 29.2 Å². The van der Waals surface area contributed by atoms with Crippen molar-refractivity contribution in [2.75, 3.05) is 37.6 Å². The summed E-state index contributed by atoms with van der Waals surface area (Å²) in [6.45, 7) is 5.38. The number of rotatable bonds is 8. The van der Waals surface area contributed by atoms with Crippen molar-refractivity contribution in [3.8, 4) is 0 Å². The Bertz CT molecular complexity index is 1810. The fraction of sp³-hybridized carbons (Fsp3) is 0.333. The van der Waals surface area contributed by atoms with E-state index in [-0.39, 0.29) is 29.4 Å². The molecule has 2 aliphatic heterocycles. The third-order valence-corrected chi connectivity index (χ3v) is 9.02. The summed E-state index contributed by atoms with van der Waals surface area (Å²) in [5, 5.41) is 3.82.